The van der Waals surface area contributed by atoms with Gasteiger partial charge in [-0.3, -0.25) is 9.69 Å². The first kappa shape index (κ1) is 17.3. The molecule has 3 nitrogen and oxygen atoms in total. The second-order valence-corrected chi connectivity index (χ2v) is 7.11. The van der Waals surface area contributed by atoms with Gasteiger partial charge in [0.2, 0.25) is 5.91 Å². The van der Waals surface area contributed by atoms with Crippen LogP contribution in [0, 0.1) is 11.8 Å². The molecule has 1 aliphatic rings. The average molecular weight is 323 g/mol. The second kappa shape index (κ2) is 8.54. The predicted molar refractivity (Wildman–Crippen MR) is 91.9 cm³/mol. The molecule has 4 heteroatoms. The molecule has 1 aromatic rings. The number of hydrogen-bond acceptors (Lipinski definition) is 2. The Morgan fingerprint density at radius 3 is 2.77 bits per heavy atom. The van der Waals surface area contributed by atoms with Gasteiger partial charge in [-0.1, -0.05) is 37.6 Å². The van der Waals surface area contributed by atoms with E-state index in [0.29, 0.717) is 5.92 Å². The number of piperidine rings is 1. The van der Waals surface area contributed by atoms with E-state index in [4.69, 9.17) is 11.6 Å². The molecule has 0 spiro atoms. The third-order valence-electron chi connectivity index (χ3n) is 4.22. The van der Waals surface area contributed by atoms with Crippen LogP contribution in [0.4, 0.5) is 0 Å². The van der Waals surface area contributed by atoms with Crippen molar-refractivity contribution in [3.05, 3.63) is 34.9 Å². The molecule has 0 aliphatic carbocycles. The highest BCUT2D eigenvalue weighted by atomic mass is 35.5. The van der Waals surface area contributed by atoms with Crippen molar-refractivity contribution in [2.75, 3.05) is 19.6 Å². The summed E-state index contributed by atoms with van der Waals surface area (Å²) in [6, 6.07) is 7.98. The molecule has 22 heavy (non-hydrogen) atoms. The summed E-state index contributed by atoms with van der Waals surface area (Å²) in [5, 5.41) is 3.86. The lowest BCUT2D eigenvalue weighted by Gasteiger charge is -2.32. The van der Waals surface area contributed by atoms with E-state index in [1.807, 2.05) is 12.1 Å². The van der Waals surface area contributed by atoms with Crippen molar-refractivity contribution >= 4 is 17.5 Å². The minimum absolute atomic E-state index is 0.133. The first-order chi connectivity index (χ1) is 10.5. The first-order valence-corrected chi connectivity index (χ1v) is 8.67. The first-order valence-electron chi connectivity index (χ1n) is 8.29. The Bertz CT molecular complexity index is 472. The van der Waals surface area contributed by atoms with E-state index >= 15 is 0 Å². The number of hydrogen-bond donors (Lipinski definition) is 1. The Kier molecular flexibility index (Phi) is 6.71. The second-order valence-electron chi connectivity index (χ2n) is 6.67. The Hall–Kier alpha value is -1.06. The zero-order valence-electron chi connectivity index (χ0n) is 13.6. The number of likely N-dealkylation sites (tertiary alicyclic amines) is 1. The van der Waals surface area contributed by atoms with E-state index in [9.17, 15) is 4.79 Å². The molecule has 1 saturated heterocycles. The SMILES string of the molecule is CC(C)CCNC(=O)[C@H]1CCCN(Cc2ccc(Cl)cc2)C1. The van der Waals surface area contributed by atoms with Crippen molar-refractivity contribution in [2.45, 2.75) is 39.7 Å². The Morgan fingerprint density at radius 2 is 2.09 bits per heavy atom. The third-order valence-corrected chi connectivity index (χ3v) is 4.47. The van der Waals surface area contributed by atoms with Gasteiger partial charge in [0.25, 0.3) is 0 Å². The van der Waals surface area contributed by atoms with E-state index in [1.54, 1.807) is 0 Å². The minimum atomic E-state index is 0.133. The number of nitrogens with one attached hydrogen (secondary N) is 1. The van der Waals surface area contributed by atoms with Gasteiger partial charge in [0.1, 0.15) is 0 Å². The zero-order valence-corrected chi connectivity index (χ0v) is 14.4. The zero-order chi connectivity index (χ0) is 15.9. The molecule has 1 aliphatic heterocycles. The number of carbonyl (C=O) groups is 1. The topological polar surface area (TPSA) is 32.3 Å². The summed E-state index contributed by atoms with van der Waals surface area (Å²) < 4.78 is 0. The van der Waals surface area contributed by atoms with Crippen molar-refractivity contribution in [3.8, 4) is 0 Å². The van der Waals surface area contributed by atoms with Gasteiger partial charge in [-0.2, -0.15) is 0 Å². The van der Waals surface area contributed by atoms with Crippen LogP contribution in [0.5, 0.6) is 0 Å². The van der Waals surface area contributed by atoms with Crippen LogP contribution in [0.1, 0.15) is 38.7 Å². The van der Waals surface area contributed by atoms with Crippen molar-refractivity contribution in [1.29, 1.82) is 0 Å². The third kappa shape index (κ3) is 5.62. The van der Waals surface area contributed by atoms with Crippen molar-refractivity contribution in [2.24, 2.45) is 11.8 Å². The fourth-order valence-electron chi connectivity index (χ4n) is 2.89. The summed E-state index contributed by atoms with van der Waals surface area (Å²) in [7, 11) is 0. The molecule has 1 fully saturated rings. The molecule has 0 saturated carbocycles. The summed E-state index contributed by atoms with van der Waals surface area (Å²) >= 11 is 5.92. The van der Waals surface area contributed by atoms with Crippen LogP contribution >= 0.6 is 11.6 Å². The summed E-state index contributed by atoms with van der Waals surface area (Å²) in [6.45, 7) is 7.98. The van der Waals surface area contributed by atoms with Crippen molar-refractivity contribution < 1.29 is 4.79 Å². The van der Waals surface area contributed by atoms with E-state index in [-0.39, 0.29) is 11.8 Å². The monoisotopic (exact) mass is 322 g/mol. The number of rotatable bonds is 6. The highest BCUT2D eigenvalue weighted by Crippen LogP contribution is 2.19. The maximum atomic E-state index is 12.3. The normalized spacial score (nSPS) is 19.4. The van der Waals surface area contributed by atoms with Crippen molar-refractivity contribution in [3.63, 3.8) is 0 Å². The predicted octanol–water partition coefficient (Wildman–Crippen LogP) is 3.71. The summed E-state index contributed by atoms with van der Waals surface area (Å²) in [6.07, 6.45) is 3.15. The molecule has 0 radical (unpaired) electrons. The Balaban J connectivity index is 1.80. The summed E-state index contributed by atoms with van der Waals surface area (Å²) in [5.74, 6) is 0.989. The molecule has 1 amide bonds. The van der Waals surface area contributed by atoms with Crippen LogP contribution in [0.3, 0.4) is 0 Å². The van der Waals surface area contributed by atoms with Crippen LogP contribution in [-0.2, 0) is 11.3 Å². The maximum Gasteiger partial charge on any atom is 0.224 e. The fraction of sp³-hybridized carbons (Fsp3) is 0.611. The lowest BCUT2D eigenvalue weighted by molar-refractivity contribution is -0.126. The summed E-state index contributed by atoms with van der Waals surface area (Å²) in [4.78, 5) is 14.6. The molecule has 2 rings (SSSR count). The molecule has 0 aromatic heterocycles. The number of carbonyl (C=O) groups excluding carboxylic acids is 1. The lowest BCUT2D eigenvalue weighted by atomic mass is 9.96. The Morgan fingerprint density at radius 1 is 1.36 bits per heavy atom. The van der Waals surface area contributed by atoms with E-state index in [0.717, 1.165) is 50.5 Å². The van der Waals surface area contributed by atoms with E-state index < -0.39 is 0 Å². The van der Waals surface area contributed by atoms with Crippen LogP contribution in [0.25, 0.3) is 0 Å². The molecule has 1 heterocycles. The quantitative estimate of drug-likeness (QED) is 0.865. The molecule has 1 aromatic carbocycles. The molecular formula is C18H27ClN2O. The molecule has 1 atom stereocenters. The van der Waals surface area contributed by atoms with Gasteiger partial charge in [0.15, 0.2) is 0 Å². The number of nitrogens with zero attached hydrogens (tertiary/aromatic N) is 1. The van der Waals surface area contributed by atoms with Gasteiger partial charge in [0, 0.05) is 24.7 Å². The van der Waals surface area contributed by atoms with Crippen LogP contribution in [0.2, 0.25) is 5.02 Å². The van der Waals surface area contributed by atoms with Gasteiger partial charge in [0.05, 0.1) is 5.92 Å². The van der Waals surface area contributed by atoms with E-state index in [1.165, 1.54) is 5.56 Å². The fourth-order valence-corrected chi connectivity index (χ4v) is 3.02. The van der Waals surface area contributed by atoms with Gasteiger partial charge in [-0.25, -0.2) is 0 Å². The molecule has 122 valence electrons. The molecule has 0 unspecified atom stereocenters. The average Bonchev–Trinajstić information content (AvgIpc) is 2.49. The highest BCUT2D eigenvalue weighted by Gasteiger charge is 2.25. The van der Waals surface area contributed by atoms with Gasteiger partial charge in [-0.15, -0.1) is 0 Å². The summed E-state index contributed by atoms with van der Waals surface area (Å²) in [5.41, 5.74) is 1.25. The van der Waals surface area contributed by atoms with E-state index in [2.05, 4.69) is 36.2 Å². The molecular weight excluding hydrogens is 296 g/mol. The highest BCUT2D eigenvalue weighted by molar-refractivity contribution is 6.30. The number of benzene rings is 1. The van der Waals surface area contributed by atoms with Crippen LogP contribution < -0.4 is 5.32 Å². The van der Waals surface area contributed by atoms with Crippen molar-refractivity contribution in [1.82, 2.24) is 10.2 Å². The molecule has 1 N–H and O–H groups in total. The lowest BCUT2D eigenvalue weighted by Crippen LogP contribution is -2.43. The minimum Gasteiger partial charge on any atom is -0.356 e. The van der Waals surface area contributed by atoms with Gasteiger partial charge in [-0.05, 0) is 49.4 Å². The number of halogens is 1. The standard InChI is InChI=1S/C18H27ClN2O/c1-14(2)9-10-20-18(22)16-4-3-11-21(13-16)12-15-5-7-17(19)8-6-15/h5-8,14,16H,3-4,9-13H2,1-2H3,(H,20,22)/t16-/m0/s1. The van der Waals surface area contributed by atoms with Gasteiger partial charge < -0.3 is 5.32 Å². The van der Waals surface area contributed by atoms with Crippen LogP contribution in [-0.4, -0.2) is 30.4 Å². The molecule has 0 bridgehead atoms. The Labute approximate surface area is 139 Å². The largest absolute Gasteiger partial charge is 0.356 e. The smallest absolute Gasteiger partial charge is 0.224 e. The number of amides is 1. The van der Waals surface area contributed by atoms with Gasteiger partial charge >= 0.3 is 0 Å². The maximum absolute atomic E-state index is 12.3. The van der Waals surface area contributed by atoms with Crippen LogP contribution in [0.15, 0.2) is 24.3 Å².